The fourth-order valence-corrected chi connectivity index (χ4v) is 0.750. The number of aromatic hydroxyl groups is 1. The van der Waals surface area contributed by atoms with Crippen LogP contribution < -0.4 is 4.74 Å². The van der Waals surface area contributed by atoms with Crippen molar-refractivity contribution < 1.29 is 35.1 Å². The second-order valence-electron chi connectivity index (χ2n) is 2.04. The van der Waals surface area contributed by atoms with Gasteiger partial charge in [-0.05, 0) is 12.1 Å². The van der Waals surface area contributed by atoms with Gasteiger partial charge in [-0.25, -0.2) is 0 Å². The second-order valence-corrected chi connectivity index (χ2v) is 2.04. The predicted octanol–water partition coefficient (Wildman–Crippen LogP) is 1.21. The summed E-state index contributed by atoms with van der Waals surface area (Å²) in [4.78, 5) is 10.2. The van der Waals surface area contributed by atoms with E-state index in [1.165, 1.54) is 19.2 Å². The van der Waals surface area contributed by atoms with Crippen LogP contribution in [0.3, 0.4) is 0 Å². The largest absolute Gasteiger partial charge is 0.507 e. The summed E-state index contributed by atoms with van der Waals surface area (Å²) in [5.41, 5.74) is 0.269. The number of benzene rings is 1. The van der Waals surface area contributed by atoms with Gasteiger partial charge in [0.2, 0.25) is 0 Å². The van der Waals surface area contributed by atoms with Gasteiger partial charge >= 0.3 is 0 Å². The Morgan fingerprint density at radius 2 is 2.17 bits per heavy atom. The van der Waals surface area contributed by atoms with Crippen molar-refractivity contribution in [3.05, 3.63) is 23.8 Å². The van der Waals surface area contributed by atoms with E-state index in [4.69, 9.17) is 9.84 Å². The van der Waals surface area contributed by atoms with Gasteiger partial charge in [0.15, 0.2) is 6.29 Å². The van der Waals surface area contributed by atoms with E-state index in [1.54, 1.807) is 6.07 Å². The molecule has 1 aromatic rings. The standard InChI is InChI=1S/C8H8O3.Pd/c1-11-7-3-2-6(5-9)8(10)4-7;/h2-5,10H,1H3;. The van der Waals surface area contributed by atoms with E-state index in [0.29, 0.717) is 12.0 Å². The predicted molar refractivity (Wildman–Crippen MR) is 40.0 cm³/mol. The van der Waals surface area contributed by atoms with Crippen molar-refractivity contribution in [3.63, 3.8) is 0 Å². The Morgan fingerprint density at radius 1 is 1.50 bits per heavy atom. The molecule has 0 aliphatic carbocycles. The van der Waals surface area contributed by atoms with Crippen LogP contribution in [0.15, 0.2) is 18.2 Å². The molecule has 0 spiro atoms. The smallest absolute Gasteiger partial charge is 0.153 e. The van der Waals surface area contributed by atoms with Crippen LogP contribution >= 0.6 is 0 Å². The maximum atomic E-state index is 10.2. The number of ether oxygens (including phenoxy) is 1. The van der Waals surface area contributed by atoms with Crippen LogP contribution in [0.2, 0.25) is 0 Å². The Kier molecular flexibility index (Phi) is 4.57. The van der Waals surface area contributed by atoms with Gasteiger partial charge in [-0.1, -0.05) is 0 Å². The van der Waals surface area contributed by atoms with Crippen LogP contribution in [-0.4, -0.2) is 18.5 Å². The first-order valence-corrected chi connectivity index (χ1v) is 3.10. The van der Waals surface area contributed by atoms with Crippen molar-refractivity contribution in [2.24, 2.45) is 0 Å². The molecule has 0 saturated carbocycles. The first kappa shape index (κ1) is 11.2. The second kappa shape index (κ2) is 4.92. The van der Waals surface area contributed by atoms with Crippen LogP contribution in [0.1, 0.15) is 10.4 Å². The van der Waals surface area contributed by atoms with E-state index in [0.717, 1.165) is 0 Å². The molecule has 0 aromatic heterocycles. The molecule has 0 fully saturated rings. The summed E-state index contributed by atoms with van der Waals surface area (Å²) in [6.45, 7) is 0. The normalized spacial score (nSPS) is 8.42. The van der Waals surface area contributed by atoms with Gasteiger partial charge in [0, 0.05) is 26.5 Å². The minimum atomic E-state index is -0.0562. The van der Waals surface area contributed by atoms with Gasteiger partial charge in [0.1, 0.15) is 11.5 Å². The number of phenolic OH excluding ortho intramolecular Hbond substituents is 1. The van der Waals surface area contributed by atoms with Gasteiger partial charge < -0.3 is 9.84 Å². The summed E-state index contributed by atoms with van der Waals surface area (Å²) in [7, 11) is 1.50. The Hall–Kier alpha value is -0.848. The summed E-state index contributed by atoms with van der Waals surface area (Å²) < 4.78 is 4.82. The monoisotopic (exact) mass is 258 g/mol. The molecule has 0 heterocycles. The average molecular weight is 259 g/mol. The van der Waals surface area contributed by atoms with Crippen LogP contribution in [0.25, 0.3) is 0 Å². The summed E-state index contributed by atoms with van der Waals surface area (Å²) in [6.07, 6.45) is 0.592. The van der Waals surface area contributed by atoms with Crippen molar-refractivity contribution in [2.45, 2.75) is 0 Å². The molecule has 0 atom stereocenters. The van der Waals surface area contributed by atoms with Crippen molar-refractivity contribution in [1.29, 1.82) is 0 Å². The molecule has 0 bridgehead atoms. The molecule has 12 heavy (non-hydrogen) atoms. The molecule has 0 aliphatic heterocycles. The zero-order valence-electron chi connectivity index (χ0n) is 6.39. The van der Waals surface area contributed by atoms with Crippen molar-refractivity contribution >= 4 is 6.29 Å². The van der Waals surface area contributed by atoms with Crippen molar-refractivity contribution in [2.75, 3.05) is 7.11 Å². The van der Waals surface area contributed by atoms with E-state index in [9.17, 15) is 4.79 Å². The molecular weight excluding hydrogens is 251 g/mol. The van der Waals surface area contributed by atoms with Gasteiger partial charge in [-0.2, -0.15) is 0 Å². The van der Waals surface area contributed by atoms with Gasteiger partial charge in [-0.15, -0.1) is 0 Å². The number of methoxy groups -OCH3 is 1. The van der Waals surface area contributed by atoms with E-state index in [-0.39, 0.29) is 31.7 Å². The number of carbonyl (C=O) groups excluding carboxylic acids is 1. The Morgan fingerprint density at radius 3 is 2.58 bits per heavy atom. The number of phenols is 1. The van der Waals surface area contributed by atoms with Crippen molar-refractivity contribution in [1.82, 2.24) is 0 Å². The maximum absolute atomic E-state index is 10.2. The molecule has 1 N–H and O–H groups in total. The number of aldehydes is 1. The van der Waals surface area contributed by atoms with Crippen LogP contribution in [0.4, 0.5) is 0 Å². The van der Waals surface area contributed by atoms with Gasteiger partial charge in [0.25, 0.3) is 0 Å². The number of hydrogen-bond acceptors (Lipinski definition) is 3. The number of rotatable bonds is 2. The fraction of sp³-hybridized carbons (Fsp3) is 0.125. The first-order chi connectivity index (χ1) is 5.27. The van der Waals surface area contributed by atoms with Crippen molar-refractivity contribution in [3.8, 4) is 11.5 Å². The summed E-state index contributed by atoms with van der Waals surface area (Å²) in [5.74, 6) is 0.479. The fourth-order valence-electron chi connectivity index (χ4n) is 0.750. The molecular formula is C8H8O3Pd. The molecule has 0 unspecified atom stereocenters. The minimum absolute atomic E-state index is 0. The third-order valence-corrected chi connectivity index (χ3v) is 1.36. The van der Waals surface area contributed by atoms with E-state index in [1.807, 2.05) is 0 Å². The van der Waals surface area contributed by atoms with Gasteiger partial charge in [0.05, 0.1) is 12.7 Å². The third-order valence-electron chi connectivity index (χ3n) is 1.36. The molecule has 1 rings (SSSR count). The van der Waals surface area contributed by atoms with E-state index < -0.39 is 0 Å². The van der Waals surface area contributed by atoms with E-state index >= 15 is 0 Å². The van der Waals surface area contributed by atoms with Crippen LogP contribution in [-0.2, 0) is 20.4 Å². The Balaban J connectivity index is 0.00000121. The zero-order valence-corrected chi connectivity index (χ0v) is 7.94. The minimum Gasteiger partial charge on any atom is -0.507 e. The Bertz CT molecular complexity index is 273. The zero-order chi connectivity index (χ0) is 8.27. The molecule has 0 aliphatic rings. The van der Waals surface area contributed by atoms with Gasteiger partial charge in [-0.3, -0.25) is 4.79 Å². The summed E-state index contributed by atoms with van der Waals surface area (Å²) in [5, 5.41) is 9.11. The molecule has 68 valence electrons. The SMILES string of the molecule is COc1ccc(C=O)c(O)c1.[Pd]. The molecule has 3 nitrogen and oxygen atoms in total. The topological polar surface area (TPSA) is 46.5 Å². The maximum Gasteiger partial charge on any atom is 0.153 e. The van der Waals surface area contributed by atoms with Crippen LogP contribution in [0.5, 0.6) is 11.5 Å². The van der Waals surface area contributed by atoms with Crippen LogP contribution in [0, 0.1) is 0 Å². The first-order valence-electron chi connectivity index (χ1n) is 3.10. The molecule has 4 heteroatoms. The molecule has 0 amide bonds. The number of carbonyl (C=O) groups is 1. The summed E-state index contributed by atoms with van der Waals surface area (Å²) >= 11 is 0. The molecule has 0 saturated heterocycles. The Labute approximate surface area is 84.0 Å². The number of hydrogen-bond donors (Lipinski definition) is 1. The molecule has 0 radical (unpaired) electrons. The summed E-state index contributed by atoms with van der Waals surface area (Å²) in [6, 6.07) is 4.51. The average Bonchev–Trinajstić information content (AvgIpc) is 2.04. The third kappa shape index (κ3) is 2.33. The molecule has 1 aromatic carbocycles. The quantitative estimate of drug-likeness (QED) is 0.641. The van der Waals surface area contributed by atoms with E-state index in [2.05, 4.69) is 0 Å².